The van der Waals surface area contributed by atoms with Crippen molar-refractivity contribution < 1.29 is 9.13 Å². The van der Waals surface area contributed by atoms with Gasteiger partial charge in [-0.05, 0) is 25.5 Å². The molecule has 0 aliphatic heterocycles. The van der Waals surface area contributed by atoms with Gasteiger partial charge in [0.2, 0.25) is 0 Å². The molecule has 0 bridgehead atoms. The predicted octanol–water partition coefficient (Wildman–Crippen LogP) is 3.82. The lowest BCUT2D eigenvalue weighted by Gasteiger charge is -2.17. The molecule has 2 nitrogen and oxygen atoms in total. The molecule has 1 atom stereocenters. The molecule has 1 rings (SSSR count). The molecule has 1 aromatic carbocycles. The number of anilines is 1. The van der Waals surface area contributed by atoms with Crippen LogP contribution in [0.1, 0.15) is 33.1 Å². The third kappa shape index (κ3) is 3.72. The van der Waals surface area contributed by atoms with E-state index in [-0.39, 0.29) is 5.82 Å². The highest BCUT2D eigenvalue weighted by atomic mass is 19.1. The third-order valence-electron chi connectivity index (χ3n) is 2.56. The first-order valence-electron chi connectivity index (χ1n) is 5.77. The standard InChI is InChI=1S/C13H20FNO/c1-4-5-6-10(2)15-12-8-7-11(14)9-13(12)16-3/h7-10,15H,4-6H2,1-3H3. The number of halogens is 1. The number of benzene rings is 1. The number of hydrogen-bond acceptors (Lipinski definition) is 2. The van der Waals surface area contributed by atoms with Gasteiger partial charge in [-0.1, -0.05) is 19.8 Å². The van der Waals surface area contributed by atoms with Crippen molar-refractivity contribution in [2.75, 3.05) is 12.4 Å². The fraction of sp³-hybridized carbons (Fsp3) is 0.538. The summed E-state index contributed by atoms with van der Waals surface area (Å²) in [4.78, 5) is 0. The first-order valence-corrected chi connectivity index (χ1v) is 5.77. The molecule has 0 aliphatic carbocycles. The van der Waals surface area contributed by atoms with Crippen molar-refractivity contribution in [2.24, 2.45) is 0 Å². The van der Waals surface area contributed by atoms with Crippen LogP contribution < -0.4 is 10.1 Å². The van der Waals surface area contributed by atoms with Gasteiger partial charge in [0.05, 0.1) is 12.8 Å². The Morgan fingerprint density at radius 2 is 2.19 bits per heavy atom. The summed E-state index contributed by atoms with van der Waals surface area (Å²) in [5.74, 6) is 0.284. The van der Waals surface area contributed by atoms with Crippen LogP contribution in [0.3, 0.4) is 0 Å². The van der Waals surface area contributed by atoms with Crippen LogP contribution >= 0.6 is 0 Å². The van der Waals surface area contributed by atoms with E-state index in [1.807, 2.05) is 0 Å². The molecule has 0 amide bonds. The van der Waals surface area contributed by atoms with E-state index < -0.39 is 0 Å². The predicted molar refractivity (Wildman–Crippen MR) is 65.6 cm³/mol. The van der Waals surface area contributed by atoms with Crippen molar-refractivity contribution in [1.29, 1.82) is 0 Å². The third-order valence-corrected chi connectivity index (χ3v) is 2.56. The smallest absolute Gasteiger partial charge is 0.144 e. The van der Waals surface area contributed by atoms with Gasteiger partial charge >= 0.3 is 0 Å². The Balaban J connectivity index is 2.65. The molecule has 0 aromatic heterocycles. The molecule has 90 valence electrons. The van der Waals surface area contributed by atoms with E-state index in [1.54, 1.807) is 13.2 Å². The van der Waals surface area contributed by atoms with Crippen molar-refractivity contribution in [2.45, 2.75) is 39.2 Å². The van der Waals surface area contributed by atoms with Gasteiger partial charge in [-0.3, -0.25) is 0 Å². The molecule has 0 saturated heterocycles. The van der Waals surface area contributed by atoms with Crippen LogP contribution in [0.15, 0.2) is 18.2 Å². The van der Waals surface area contributed by atoms with Crippen LogP contribution in [0.4, 0.5) is 10.1 Å². The maximum atomic E-state index is 13.0. The Labute approximate surface area is 96.8 Å². The Morgan fingerprint density at radius 1 is 1.44 bits per heavy atom. The zero-order valence-corrected chi connectivity index (χ0v) is 10.2. The van der Waals surface area contributed by atoms with Crippen molar-refractivity contribution in [3.8, 4) is 5.75 Å². The fourth-order valence-electron chi connectivity index (χ4n) is 1.63. The summed E-state index contributed by atoms with van der Waals surface area (Å²) in [5.41, 5.74) is 0.854. The Morgan fingerprint density at radius 3 is 2.81 bits per heavy atom. The quantitative estimate of drug-likeness (QED) is 0.794. The minimum absolute atomic E-state index is 0.274. The van der Waals surface area contributed by atoms with Crippen molar-refractivity contribution in [1.82, 2.24) is 0 Å². The minimum Gasteiger partial charge on any atom is -0.494 e. The zero-order valence-electron chi connectivity index (χ0n) is 10.2. The van der Waals surface area contributed by atoms with Crippen LogP contribution in [0.2, 0.25) is 0 Å². The summed E-state index contributed by atoms with van der Waals surface area (Å²) in [6, 6.07) is 4.93. The van der Waals surface area contributed by atoms with Crippen LogP contribution in [0, 0.1) is 5.82 Å². The van der Waals surface area contributed by atoms with Gasteiger partial charge < -0.3 is 10.1 Å². The first-order chi connectivity index (χ1) is 7.67. The van der Waals surface area contributed by atoms with Gasteiger partial charge in [0.1, 0.15) is 11.6 Å². The number of unbranched alkanes of at least 4 members (excludes halogenated alkanes) is 1. The minimum atomic E-state index is -0.274. The van der Waals surface area contributed by atoms with Crippen molar-refractivity contribution in [3.63, 3.8) is 0 Å². The van der Waals surface area contributed by atoms with Gasteiger partial charge in [-0.25, -0.2) is 4.39 Å². The molecule has 0 aliphatic rings. The lowest BCUT2D eigenvalue weighted by molar-refractivity contribution is 0.412. The normalized spacial score (nSPS) is 12.2. The van der Waals surface area contributed by atoms with E-state index >= 15 is 0 Å². The molecule has 1 unspecified atom stereocenters. The molecule has 0 saturated carbocycles. The summed E-state index contributed by atoms with van der Waals surface area (Å²) in [5, 5.41) is 3.33. The lowest BCUT2D eigenvalue weighted by Crippen LogP contribution is -2.15. The fourth-order valence-corrected chi connectivity index (χ4v) is 1.63. The van der Waals surface area contributed by atoms with Gasteiger partial charge in [0, 0.05) is 12.1 Å². The molecular weight excluding hydrogens is 205 g/mol. The van der Waals surface area contributed by atoms with E-state index in [4.69, 9.17) is 4.74 Å². The number of nitrogens with one attached hydrogen (secondary N) is 1. The maximum Gasteiger partial charge on any atom is 0.144 e. The Bertz CT molecular complexity index is 328. The molecule has 3 heteroatoms. The number of hydrogen-bond donors (Lipinski definition) is 1. The van der Waals surface area contributed by atoms with Crippen LogP contribution in [-0.2, 0) is 0 Å². The topological polar surface area (TPSA) is 21.3 Å². The van der Waals surface area contributed by atoms with Crippen LogP contribution in [-0.4, -0.2) is 13.2 Å². The highest BCUT2D eigenvalue weighted by molar-refractivity contribution is 5.56. The molecule has 0 radical (unpaired) electrons. The summed E-state index contributed by atoms with van der Waals surface area (Å²) in [7, 11) is 1.55. The first kappa shape index (κ1) is 12.8. The van der Waals surface area contributed by atoms with Crippen LogP contribution in [0.25, 0.3) is 0 Å². The van der Waals surface area contributed by atoms with E-state index in [1.165, 1.54) is 25.0 Å². The molecule has 0 spiro atoms. The summed E-state index contributed by atoms with van der Waals surface area (Å²) < 4.78 is 18.1. The Hall–Kier alpha value is -1.25. The zero-order chi connectivity index (χ0) is 12.0. The highest BCUT2D eigenvalue weighted by Gasteiger charge is 2.07. The van der Waals surface area contributed by atoms with E-state index in [0.717, 1.165) is 12.1 Å². The van der Waals surface area contributed by atoms with Gasteiger partial charge in [-0.15, -0.1) is 0 Å². The van der Waals surface area contributed by atoms with E-state index in [9.17, 15) is 4.39 Å². The molecular formula is C13H20FNO. The number of rotatable bonds is 6. The monoisotopic (exact) mass is 225 g/mol. The molecule has 1 aromatic rings. The van der Waals surface area contributed by atoms with Crippen molar-refractivity contribution in [3.05, 3.63) is 24.0 Å². The van der Waals surface area contributed by atoms with Gasteiger partial charge in [-0.2, -0.15) is 0 Å². The SMILES string of the molecule is CCCCC(C)Nc1ccc(F)cc1OC. The van der Waals surface area contributed by atoms with Crippen LogP contribution in [0.5, 0.6) is 5.75 Å². The largest absolute Gasteiger partial charge is 0.494 e. The average Bonchev–Trinajstić information content (AvgIpc) is 2.28. The van der Waals surface area contributed by atoms with Crippen molar-refractivity contribution >= 4 is 5.69 Å². The summed E-state index contributed by atoms with van der Waals surface area (Å²) in [6.45, 7) is 4.30. The second-order valence-electron chi connectivity index (χ2n) is 4.03. The molecule has 1 N–H and O–H groups in total. The average molecular weight is 225 g/mol. The number of ether oxygens (including phenoxy) is 1. The Kier molecular flexibility index (Phi) is 5.09. The summed E-state index contributed by atoms with van der Waals surface area (Å²) >= 11 is 0. The second-order valence-corrected chi connectivity index (χ2v) is 4.03. The van der Waals surface area contributed by atoms with E-state index in [0.29, 0.717) is 11.8 Å². The molecule has 0 heterocycles. The summed E-state index contributed by atoms with van der Waals surface area (Å²) in [6.07, 6.45) is 3.49. The highest BCUT2D eigenvalue weighted by Crippen LogP contribution is 2.26. The number of methoxy groups -OCH3 is 1. The van der Waals surface area contributed by atoms with Gasteiger partial charge in [0.15, 0.2) is 0 Å². The lowest BCUT2D eigenvalue weighted by atomic mass is 10.1. The maximum absolute atomic E-state index is 13.0. The molecule has 0 fully saturated rings. The second kappa shape index (κ2) is 6.36. The molecule has 16 heavy (non-hydrogen) atoms. The van der Waals surface area contributed by atoms with E-state index in [2.05, 4.69) is 19.2 Å². The van der Waals surface area contributed by atoms with Gasteiger partial charge in [0.25, 0.3) is 0 Å².